The van der Waals surface area contributed by atoms with Crippen LogP contribution in [0, 0.1) is 23.2 Å². The van der Waals surface area contributed by atoms with Crippen LogP contribution in [-0.2, 0) is 22.5 Å². The summed E-state index contributed by atoms with van der Waals surface area (Å²) in [6.07, 6.45) is 9.33. The Kier molecular flexibility index (Phi) is 8.65. The molecular formula is C36H39ClN8O4. The van der Waals surface area contributed by atoms with Crippen LogP contribution in [0.15, 0.2) is 36.8 Å². The molecular weight excluding hydrogens is 644 g/mol. The first kappa shape index (κ1) is 32.8. The fourth-order valence-corrected chi connectivity index (χ4v) is 7.07. The van der Waals surface area contributed by atoms with Crippen molar-refractivity contribution in [3.05, 3.63) is 58.9 Å². The highest BCUT2D eigenvalue weighted by molar-refractivity contribution is 6.30. The molecule has 1 aliphatic carbocycles. The summed E-state index contributed by atoms with van der Waals surface area (Å²) in [6, 6.07) is 8.13. The molecule has 49 heavy (non-hydrogen) atoms. The van der Waals surface area contributed by atoms with Gasteiger partial charge in [0.1, 0.15) is 23.2 Å². The zero-order valence-corrected chi connectivity index (χ0v) is 28.9. The first-order chi connectivity index (χ1) is 23.5. The summed E-state index contributed by atoms with van der Waals surface area (Å²) in [7, 11) is 0. The first-order valence-electron chi connectivity index (χ1n) is 16.8. The lowest BCUT2D eigenvalue weighted by atomic mass is 9.80. The fourth-order valence-electron chi connectivity index (χ4n) is 6.97. The van der Waals surface area contributed by atoms with Gasteiger partial charge in [-0.3, -0.25) is 9.69 Å². The molecule has 2 aliphatic heterocycles. The maximum absolute atomic E-state index is 13.0. The summed E-state index contributed by atoms with van der Waals surface area (Å²) in [6.45, 7) is 8.85. The number of ether oxygens (including phenoxy) is 2. The number of halogens is 1. The van der Waals surface area contributed by atoms with Crippen LogP contribution in [0.5, 0.6) is 5.75 Å². The third kappa shape index (κ3) is 6.52. The highest BCUT2D eigenvalue weighted by Crippen LogP contribution is 2.42. The molecule has 3 aromatic heterocycles. The number of carbonyl (C=O) groups is 2. The third-order valence-electron chi connectivity index (χ3n) is 9.63. The van der Waals surface area contributed by atoms with Crippen LogP contribution in [0.25, 0.3) is 22.2 Å². The van der Waals surface area contributed by atoms with Crippen molar-refractivity contribution in [2.24, 2.45) is 11.8 Å². The molecule has 5 heterocycles. The molecule has 4 aromatic rings. The number of carbonyl (C=O) groups excluding carboxylic acids is 2. The number of nitrogens with zero attached hydrogens (tertiary/aromatic N) is 8. The van der Waals surface area contributed by atoms with E-state index in [2.05, 4.69) is 23.0 Å². The molecule has 2 amide bonds. The molecule has 254 valence electrons. The Morgan fingerprint density at radius 1 is 1.16 bits per heavy atom. The highest BCUT2D eigenvalue weighted by Gasteiger charge is 2.35. The van der Waals surface area contributed by atoms with E-state index in [1.54, 1.807) is 16.0 Å². The molecule has 0 radical (unpaired) electrons. The van der Waals surface area contributed by atoms with Crippen molar-refractivity contribution in [1.29, 1.82) is 5.26 Å². The number of amides is 2. The van der Waals surface area contributed by atoms with Crippen molar-refractivity contribution >= 4 is 40.3 Å². The van der Waals surface area contributed by atoms with E-state index in [1.165, 1.54) is 18.8 Å². The van der Waals surface area contributed by atoms with Crippen LogP contribution in [-0.4, -0.2) is 66.9 Å². The average Bonchev–Trinajstić information content (AvgIpc) is 3.46. The number of nitriles is 1. The van der Waals surface area contributed by atoms with Crippen molar-refractivity contribution in [3.8, 4) is 22.9 Å². The molecule has 12 nitrogen and oxygen atoms in total. The Labute approximate surface area is 290 Å². The Morgan fingerprint density at radius 3 is 2.61 bits per heavy atom. The number of hydrogen-bond donors (Lipinski definition) is 0. The quantitative estimate of drug-likeness (QED) is 0.223. The van der Waals surface area contributed by atoms with E-state index in [1.807, 2.05) is 43.7 Å². The van der Waals surface area contributed by atoms with Crippen molar-refractivity contribution in [1.82, 2.24) is 29.6 Å². The molecule has 3 aliphatic rings. The van der Waals surface area contributed by atoms with Crippen molar-refractivity contribution in [2.75, 3.05) is 24.6 Å². The number of anilines is 1. The number of aromatic nitrogens is 5. The zero-order valence-electron chi connectivity index (χ0n) is 28.1. The first-order valence-corrected chi connectivity index (χ1v) is 17.2. The van der Waals surface area contributed by atoms with Gasteiger partial charge in [-0.2, -0.15) is 10.4 Å². The summed E-state index contributed by atoms with van der Waals surface area (Å²) in [5.41, 5.74) is 3.59. The average molecular weight is 683 g/mol. The van der Waals surface area contributed by atoms with E-state index >= 15 is 0 Å². The molecule has 2 atom stereocenters. The lowest BCUT2D eigenvalue weighted by molar-refractivity contribution is -0.121. The van der Waals surface area contributed by atoms with E-state index in [9.17, 15) is 14.9 Å². The van der Waals surface area contributed by atoms with E-state index < -0.39 is 5.60 Å². The largest absolute Gasteiger partial charge is 0.482 e. The summed E-state index contributed by atoms with van der Waals surface area (Å²) < 4.78 is 13.6. The SMILES string of the molecule is C[C@@H]1CN(C(=O)OC(C)(C)C)CC[C@H]1n1ncc2c(-c3ccc4c(c3)OCC(=O)N4Cc3ncc(Cl)cn3)c(C#N)c(CC3CCC3)nc21. The lowest BCUT2D eigenvalue weighted by Crippen LogP contribution is -2.45. The van der Waals surface area contributed by atoms with Gasteiger partial charge >= 0.3 is 6.09 Å². The Hall–Kier alpha value is -4.76. The number of piperidine rings is 1. The van der Waals surface area contributed by atoms with Gasteiger partial charge in [0.25, 0.3) is 5.91 Å². The Bertz CT molecular complexity index is 1960. The van der Waals surface area contributed by atoms with Gasteiger partial charge in [-0.15, -0.1) is 0 Å². The molecule has 1 saturated carbocycles. The molecule has 0 bridgehead atoms. The number of hydrogen-bond acceptors (Lipinski definition) is 9. The second-order valence-electron chi connectivity index (χ2n) is 14.3. The number of likely N-dealkylation sites (tertiary alicyclic amines) is 1. The van der Waals surface area contributed by atoms with E-state index in [-0.39, 0.29) is 37.1 Å². The Morgan fingerprint density at radius 2 is 1.94 bits per heavy atom. The molecule has 1 aromatic carbocycles. The smallest absolute Gasteiger partial charge is 0.410 e. The predicted molar refractivity (Wildman–Crippen MR) is 183 cm³/mol. The molecule has 13 heteroatoms. The lowest BCUT2D eigenvalue weighted by Gasteiger charge is -2.37. The van der Waals surface area contributed by atoms with Crippen LogP contribution < -0.4 is 9.64 Å². The monoisotopic (exact) mass is 682 g/mol. The third-order valence-corrected chi connectivity index (χ3v) is 9.82. The van der Waals surface area contributed by atoms with Gasteiger partial charge in [0.05, 0.1) is 40.8 Å². The van der Waals surface area contributed by atoms with Gasteiger partial charge in [0, 0.05) is 36.4 Å². The summed E-state index contributed by atoms with van der Waals surface area (Å²) in [4.78, 5) is 42.9. The zero-order chi connectivity index (χ0) is 34.4. The van der Waals surface area contributed by atoms with Crippen molar-refractivity contribution < 1.29 is 19.1 Å². The van der Waals surface area contributed by atoms with Gasteiger partial charge in [-0.1, -0.05) is 43.9 Å². The molecule has 0 N–H and O–H groups in total. The minimum Gasteiger partial charge on any atom is -0.482 e. The maximum atomic E-state index is 13.0. The summed E-state index contributed by atoms with van der Waals surface area (Å²) in [5.74, 6) is 1.34. The van der Waals surface area contributed by atoms with E-state index in [4.69, 9.17) is 31.2 Å². The summed E-state index contributed by atoms with van der Waals surface area (Å²) >= 11 is 5.97. The molecule has 1 saturated heterocycles. The highest BCUT2D eigenvalue weighted by atomic mass is 35.5. The predicted octanol–water partition coefficient (Wildman–Crippen LogP) is 6.50. The molecule has 0 spiro atoms. The number of rotatable bonds is 6. The van der Waals surface area contributed by atoms with E-state index in [0.717, 1.165) is 40.7 Å². The number of fused-ring (bicyclic) bond motifs is 2. The standard InChI is InChI=1S/C36H39ClN8O4/c1-21-18-43(35(47)49-36(2,3)4)11-10-28(21)45-34-26(17-41-45)33(25(14-38)27(42-34)12-22-6-5-7-22)23-8-9-29-30(13-23)48-20-32(46)44(29)19-31-39-15-24(37)16-40-31/h8-9,13,15-17,21-22,28H,5-7,10-12,18-20H2,1-4H3/t21-,28-/m1/s1. The molecule has 2 fully saturated rings. The molecule has 7 rings (SSSR count). The van der Waals surface area contributed by atoms with Crippen LogP contribution in [0.4, 0.5) is 10.5 Å². The van der Waals surface area contributed by atoms with Crippen LogP contribution in [0.2, 0.25) is 5.02 Å². The second-order valence-corrected chi connectivity index (χ2v) is 14.7. The van der Waals surface area contributed by atoms with Crippen LogP contribution in [0.3, 0.4) is 0 Å². The Balaban J connectivity index is 1.26. The van der Waals surface area contributed by atoms with Crippen molar-refractivity contribution in [3.63, 3.8) is 0 Å². The van der Waals surface area contributed by atoms with Gasteiger partial charge < -0.3 is 14.4 Å². The van der Waals surface area contributed by atoms with Gasteiger partial charge in [0.15, 0.2) is 12.3 Å². The van der Waals surface area contributed by atoms with Crippen LogP contribution >= 0.6 is 11.6 Å². The van der Waals surface area contributed by atoms with Gasteiger partial charge in [-0.25, -0.2) is 24.4 Å². The minimum atomic E-state index is -0.564. The maximum Gasteiger partial charge on any atom is 0.410 e. The topological polar surface area (TPSA) is 139 Å². The van der Waals surface area contributed by atoms with Gasteiger partial charge in [0.2, 0.25) is 0 Å². The minimum absolute atomic E-state index is 0.00236. The van der Waals surface area contributed by atoms with E-state index in [0.29, 0.717) is 59.7 Å². The van der Waals surface area contributed by atoms with Crippen molar-refractivity contribution in [2.45, 2.75) is 78.0 Å². The number of pyridine rings is 1. The molecule has 0 unspecified atom stereocenters. The normalized spacial score (nSPS) is 19.6. The van der Waals surface area contributed by atoms with Gasteiger partial charge in [-0.05, 0) is 63.1 Å². The fraction of sp³-hybridized carbons (Fsp3) is 0.472. The summed E-state index contributed by atoms with van der Waals surface area (Å²) in [5, 5.41) is 16.7. The number of benzene rings is 1. The van der Waals surface area contributed by atoms with Crippen LogP contribution in [0.1, 0.15) is 76.5 Å². The second kappa shape index (κ2) is 12.9.